The number of rotatable bonds is 1. The highest BCUT2D eigenvalue weighted by molar-refractivity contribution is 7.13. The van der Waals surface area contributed by atoms with Crippen LogP contribution in [0.2, 0.25) is 10.0 Å². The number of hydrogen-bond donors (Lipinski definition) is 0. The summed E-state index contributed by atoms with van der Waals surface area (Å²) in [7, 11) is 0. The Balaban J connectivity index is 2.47. The first kappa shape index (κ1) is 9.97. The molecule has 2 aromatic rings. The maximum atomic E-state index is 5.92. The Morgan fingerprint density at radius 3 is 2.57 bits per heavy atom. The summed E-state index contributed by atoms with van der Waals surface area (Å²) in [5.41, 5.74) is 2.04. The van der Waals surface area contributed by atoms with Crippen LogP contribution in [-0.4, -0.2) is 4.98 Å². The Kier molecular flexibility index (Phi) is 2.77. The summed E-state index contributed by atoms with van der Waals surface area (Å²) < 4.78 is 0. The van der Waals surface area contributed by atoms with E-state index in [2.05, 4.69) is 4.98 Å². The second kappa shape index (κ2) is 3.89. The van der Waals surface area contributed by atoms with Gasteiger partial charge in [0.15, 0.2) is 0 Å². The number of thiazole rings is 1. The van der Waals surface area contributed by atoms with Crippen LogP contribution in [0.15, 0.2) is 23.6 Å². The number of nitrogens with zero attached hydrogens (tertiary/aromatic N) is 1. The van der Waals surface area contributed by atoms with Gasteiger partial charge in [-0.3, -0.25) is 0 Å². The van der Waals surface area contributed by atoms with E-state index in [0.29, 0.717) is 10.0 Å². The Morgan fingerprint density at radius 1 is 1.21 bits per heavy atom. The van der Waals surface area contributed by atoms with Gasteiger partial charge in [-0.15, -0.1) is 11.3 Å². The number of aryl methyl sites for hydroxylation is 1. The number of halogens is 2. The van der Waals surface area contributed by atoms with Gasteiger partial charge in [0.05, 0.1) is 10.0 Å². The quantitative estimate of drug-likeness (QED) is 0.723. The molecule has 14 heavy (non-hydrogen) atoms. The maximum absolute atomic E-state index is 5.92. The zero-order valence-electron chi connectivity index (χ0n) is 7.42. The third kappa shape index (κ3) is 1.92. The summed E-state index contributed by atoms with van der Waals surface area (Å²) in [4.78, 5) is 4.37. The van der Waals surface area contributed by atoms with Crippen molar-refractivity contribution in [1.82, 2.24) is 4.98 Å². The van der Waals surface area contributed by atoms with Gasteiger partial charge in [-0.05, 0) is 19.1 Å². The van der Waals surface area contributed by atoms with Crippen LogP contribution in [0.1, 0.15) is 5.69 Å². The van der Waals surface area contributed by atoms with Crippen molar-refractivity contribution < 1.29 is 0 Å². The van der Waals surface area contributed by atoms with Crippen LogP contribution in [0.5, 0.6) is 0 Å². The second-order valence-electron chi connectivity index (χ2n) is 2.92. The van der Waals surface area contributed by atoms with Crippen molar-refractivity contribution in [2.45, 2.75) is 6.92 Å². The third-order valence-electron chi connectivity index (χ3n) is 1.79. The fraction of sp³-hybridized carbons (Fsp3) is 0.100. The first-order valence-electron chi connectivity index (χ1n) is 4.04. The summed E-state index contributed by atoms with van der Waals surface area (Å²) in [6.45, 7) is 1.97. The van der Waals surface area contributed by atoms with Gasteiger partial charge in [0.25, 0.3) is 0 Å². The third-order valence-corrected chi connectivity index (χ3v) is 3.53. The van der Waals surface area contributed by atoms with Crippen molar-refractivity contribution in [2.75, 3.05) is 0 Å². The fourth-order valence-electron chi connectivity index (χ4n) is 1.12. The summed E-state index contributed by atoms with van der Waals surface area (Å²) in [5.74, 6) is 0. The smallest absolute Gasteiger partial charge is 0.123 e. The fourth-order valence-corrected chi connectivity index (χ4v) is 2.21. The predicted molar refractivity (Wildman–Crippen MR) is 62.3 cm³/mol. The molecule has 1 nitrogen and oxygen atoms in total. The monoisotopic (exact) mass is 243 g/mol. The lowest BCUT2D eigenvalue weighted by Gasteiger charge is -1.98. The zero-order valence-corrected chi connectivity index (χ0v) is 9.75. The van der Waals surface area contributed by atoms with Gasteiger partial charge in [-0.25, -0.2) is 4.98 Å². The molecule has 0 aliphatic rings. The summed E-state index contributed by atoms with van der Waals surface area (Å²) in [6.07, 6.45) is 0. The Labute approximate surface area is 96.3 Å². The van der Waals surface area contributed by atoms with Crippen LogP contribution in [0, 0.1) is 6.92 Å². The van der Waals surface area contributed by atoms with Crippen LogP contribution >= 0.6 is 34.5 Å². The van der Waals surface area contributed by atoms with Crippen LogP contribution in [0.25, 0.3) is 10.6 Å². The van der Waals surface area contributed by atoms with Gasteiger partial charge in [-0.2, -0.15) is 0 Å². The standard InChI is InChI=1S/C10H7Cl2NS/c1-6-5-14-10(13-6)7-2-3-8(11)9(12)4-7/h2-5H,1H3. The van der Waals surface area contributed by atoms with Crippen molar-refractivity contribution in [1.29, 1.82) is 0 Å². The van der Waals surface area contributed by atoms with Crippen molar-refractivity contribution >= 4 is 34.5 Å². The first-order chi connectivity index (χ1) is 6.66. The van der Waals surface area contributed by atoms with Gasteiger partial charge >= 0.3 is 0 Å². The lowest BCUT2D eigenvalue weighted by atomic mass is 10.2. The van der Waals surface area contributed by atoms with Crippen molar-refractivity contribution in [2.24, 2.45) is 0 Å². The van der Waals surface area contributed by atoms with Crippen molar-refractivity contribution in [3.05, 3.63) is 39.3 Å². The topological polar surface area (TPSA) is 12.9 Å². The van der Waals surface area contributed by atoms with E-state index >= 15 is 0 Å². The minimum atomic E-state index is 0.567. The molecule has 2 rings (SSSR count). The van der Waals surface area contributed by atoms with Gasteiger partial charge in [-0.1, -0.05) is 29.3 Å². The van der Waals surface area contributed by atoms with Crippen LogP contribution in [0.4, 0.5) is 0 Å². The Hall–Kier alpha value is -0.570. The number of aromatic nitrogens is 1. The van der Waals surface area contributed by atoms with E-state index in [-0.39, 0.29) is 0 Å². The molecule has 1 heterocycles. The summed E-state index contributed by atoms with van der Waals surface area (Å²) >= 11 is 13.3. The first-order valence-corrected chi connectivity index (χ1v) is 5.68. The molecular formula is C10H7Cl2NS. The molecule has 0 aliphatic carbocycles. The van der Waals surface area contributed by atoms with E-state index in [1.165, 1.54) is 0 Å². The van der Waals surface area contributed by atoms with Gasteiger partial charge < -0.3 is 0 Å². The van der Waals surface area contributed by atoms with E-state index in [0.717, 1.165) is 16.3 Å². The van der Waals surface area contributed by atoms with Crippen molar-refractivity contribution in [3.8, 4) is 10.6 Å². The SMILES string of the molecule is Cc1csc(-c2ccc(Cl)c(Cl)c2)n1. The molecule has 0 atom stereocenters. The van der Waals surface area contributed by atoms with Gasteiger partial charge in [0.1, 0.15) is 5.01 Å². The van der Waals surface area contributed by atoms with E-state index in [1.54, 1.807) is 17.4 Å². The molecule has 72 valence electrons. The molecule has 0 bridgehead atoms. The second-order valence-corrected chi connectivity index (χ2v) is 4.60. The molecule has 0 N–H and O–H groups in total. The molecule has 0 aliphatic heterocycles. The Morgan fingerprint density at radius 2 is 2.00 bits per heavy atom. The molecule has 0 radical (unpaired) electrons. The minimum Gasteiger partial charge on any atom is -0.241 e. The molecule has 0 saturated heterocycles. The van der Waals surface area contributed by atoms with Crippen LogP contribution < -0.4 is 0 Å². The van der Waals surface area contributed by atoms with Gasteiger partial charge in [0.2, 0.25) is 0 Å². The molecule has 0 saturated carbocycles. The number of benzene rings is 1. The maximum Gasteiger partial charge on any atom is 0.123 e. The molecular weight excluding hydrogens is 237 g/mol. The average Bonchev–Trinajstić information content (AvgIpc) is 2.57. The highest BCUT2D eigenvalue weighted by Gasteiger charge is 2.04. The molecule has 1 aromatic heterocycles. The molecule has 0 amide bonds. The molecule has 0 spiro atoms. The van der Waals surface area contributed by atoms with Crippen LogP contribution in [0.3, 0.4) is 0 Å². The normalized spacial score (nSPS) is 10.5. The lowest BCUT2D eigenvalue weighted by molar-refractivity contribution is 1.27. The van der Waals surface area contributed by atoms with Crippen LogP contribution in [-0.2, 0) is 0 Å². The predicted octanol–water partition coefficient (Wildman–Crippen LogP) is 4.43. The average molecular weight is 244 g/mol. The zero-order chi connectivity index (χ0) is 10.1. The highest BCUT2D eigenvalue weighted by Crippen LogP contribution is 2.29. The largest absolute Gasteiger partial charge is 0.241 e. The molecule has 0 fully saturated rings. The molecule has 4 heteroatoms. The highest BCUT2D eigenvalue weighted by atomic mass is 35.5. The molecule has 1 aromatic carbocycles. The van der Waals surface area contributed by atoms with Crippen molar-refractivity contribution in [3.63, 3.8) is 0 Å². The molecule has 0 unspecified atom stereocenters. The van der Waals surface area contributed by atoms with E-state index in [9.17, 15) is 0 Å². The Bertz CT molecular complexity index is 465. The van der Waals surface area contributed by atoms with Gasteiger partial charge in [0, 0.05) is 16.6 Å². The lowest BCUT2D eigenvalue weighted by Crippen LogP contribution is -1.77. The van der Waals surface area contributed by atoms with E-state index < -0.39 is 0 Å². The minimum absolute atomic E-state index is 0.567. The van der Waals surface area contributed by atoms with E-state index in [1.807, 2.05) is 24.4 Å². The number of hydrogen-bond acceptors (Lipinski definition) is 2. The summed E-state index contributed by atoms with van der Waals surface area (Å²) in [6, 6.07) is 5.55. The summed E-state index contributed by atoms with van der Waals surface area (Å²) in [5, 5.41) is 4.12. The van der Waals surface area contributed by atoms with E-state index in [4.69, 9.17) is 23.2 Å².